The predicted molar refractivity (Wildman–Crippen MR) is 86.1 cm³/mol. The topological polar surface area (TPSA) is 89.3 Å². The van der Waals surface area contributed by atoms with Gasteiger partial charge in [0.25, 0.3) is 0 Å². The number of nitrogens with two attached hydrogens (primary N) is 1. The van der Waals surface area contributed by atoms with E-state index in [-0.39, 0.29) is 29.1 Å². The van der Waals surface area contributed by atoms with E-state index in [1.807, 2.05) is 13.8 Å². The molecule has 0 saturated carbocycles. The number of nitrogens with one attached hydrogen (secondary N) is 1. The zero-order chi connectivity index (χ0) is 15.3. The Kier molecular flexibility index (Phi) is 7.92. The van der Waals surface area contributed by atoms with Gasteiger partial charge in [0.05, 0.1) is 10.9 Å². The number of hydrogen-bond acceptors (Lipinski definition) is 4. The second-order valence-corrected chi connectivity index (χ2v) is 7.06. The average Bonchev–Trinajstić information content (AvgIpc) is 2.42. The van der Waals surface area contributed by atoms with E-state index < -0.39 is 15.9 Å². The van der Waals surface area contributed by atoms with E-state index in [2.05, 4.69) is 5.32 Å². The molecule has 0 aromatic heterocycles. The normalized spacial score (nSPS) is 13.9. The standard InChI is InChI=1S/C14H22N2O3S.ClH/c1-4-10(2)13(15)14(17)16-9-11-5-7-12(8-6-11)20(3,18)19;/h5-8,10,13H,4,9,15H2,1-3H3,(H,16,17);1H. The Morgan fingerprint density at radius 3 is 2.24 bits per heavy atom. The van der Waals surface area contributed by atoms with Crippen molar-refractivity contribution < 1.29 is 13.2 Å². The van der Waals surface area contributed by atoms with Gasteiger partial charge in [-0.3, -0.25) is 4.79 Å². The average molecular weight is 335 g/mol. The minimum absolute atomic E-state index is 0. The number of benzene rings is 1. The van der Waals surface area contributed by atoms with E-state index in [1.165, 1.54) is 12.1 Å². The molecule has 120 valence electrons. The van der Waals surface area contributed by atoms with Crippen LogP contribution in [0, 0.1) is 5.92 Å². The van der Waals surface area contributed by atoms with Crippen LogP contribution >= 0.6 is 12.4 Å². The van der Waals surface area contributed by atoms with Gasteiger partial charge in [0.2, 0.25) is 5.91 Å². The lowest BCUT2D eigenvalue weighted by Crippen LogP contribution is -2.44. The van der Waals surface area contributed by atoms with Crippen molar-refractivity contribution in [2.75, 3.05) is 6.26 Å². The molecule has 5 nitrogen and oxygen atoms in total. The van der Waals surface area contributed by atoms with Crippen LogP contribution in [0.15, 0.2) is 29.2 Å². The Balaban J connectivity index is 0.00000400. The summed E-state index contributed by atoms with van der Waals surface area (Å²) in [6.07, 6.45) is 2.01. The van der Waals surface area contributed by atoms with E-state index in [9.17, 15) is 13.2 Å². The highest BCUT2D eigenvalue weighted by Gasteiger charge is 2.18. The van der Waals surface area contributed by atoms with Crippen LogP contribution in [0.5, 0.6) is 0 Å². The molecule has 2 unspecified atom stereocenters. The third-order valence-corrected chi connectivity index (χ3v) is 4.51. The number of sulfone groups is 1. The molecule has 21 heavy (non-hydrogen) atoms. The quantitative estimate of drug-likeness (QED) is 0.825. The summed E-state index contributed by atoms with van der Waals surface area (Å²) >= 11 is 0. The van der Waals surface area contributed by atoms with E-state index in [4.69, 9.17) is 5.73 Å². The lowest BCUT2D eigenvalue weighted by molar-refractivity contribution is -0.123. The lowest BCUT2D eigenvalue weighted by Gasteiger charge is -2.17. The molecule has 0 aliphatic carbocycles. The molecule has 2 atom stereocenters. The molecule has 0 heterocycles. The molecular formula is C14H23ClN2O3S. The first-order valence-electron chi connectivity index (χ1n) is 6.58. The molecule has 7 heteroatoms. The number of hydrogen-bond donors (Lipinski definition) is 2. The first-order chi connectivity index (χ1) is 9.25. The molecule has 1 aromatic carbocycles. The van der Waals surface area contributed by atoms with Crippen molar-refractivity contribution >= 4 is 28.2 Å². The van der Waals surface area contributed by atoms with Gasteiger partial charge in [-0.15, -0.1) is 12.4 Å². The molecule has 0 aliphatic rings. The van der Waals surface area contributed by atoms with Gasteiger partial charge in [-0.1, -0.05) is 32.4 Å². The van der Waals surface area contributed by atoms with Crippen molar-refractivity contribution in [3.05, 3.63) is 29.8 Å². The second-order valence-electron chi connectivity index (χ2n) is 5.05. The summed E-state index contributed by atoms with van der Waals surface area (Å²) in [5.41, 5.74) is 6.66. The van der Waals surface area contributed by atoms with E-state index in [1.54, 1.807) is 12.1 Å². The molecule has 0 spiro atoms. The minimum Gasteiger partial charge on any atom is -0.351 e. The van der Waals surface area contributed by atoms with Crippen molar-refractivity contribution in [3.8, 4) is 0 Å². The SMILES string of the molecule is CCC(C)C(N)C(=O)NCc1ccc(S(C)(=O)=O)cc1.Cl. The van der Waals surface area contributed by atoms with Crippen LogP contribution < -0.4 is 11.1 Å². The van der Waals surface area contributed by atoms with Gasteiger partial charge >= 0.3 is 0 Å². The largest absolute Gasteiger partial charge is 0.351 e. The lowest BCUT2D eigenvalue weighted by atomic mass is 9.99. The maximum absolute atomic E-state index is 11.8. The Labute approximate surface area is 132 Å². The molecular weight excluding hydrogens is 312 g/mol. The highest BCUT2D eigenvalue weighted by molar-refractivity contribution is 7.90. The van der Waals surface area contributed by atoms with Crippen LogP contribution in [-0.2, 0) is 21.2 Å². The first kappa shape index (κ1) is 19.9. The third-order valence-electron chi connectivity index (χ3n) is 3.38. The fraction of sp³-hybridized carbons (Fsp3) is 0.500. The summed E-state index contributed by atoms with van der Waals surface area (Å²) in [4.78, 5) is 12.1. The minimum atomic E-state index is -3.19. The van der Waals surface area contributed by atoms with Crippen LogP contribution in [-0.4, -0.2) is 26.6 Å². The van der Waals surface area contributed by atoms with Crippen molar-refractivity contribution in [1.82, 2.24) is 5.32 Å². The smallest absolute Gasteiger partial charge is 0.237 e. The van der Waals surface area contributed by atoms with E-state index in [0.29, 0.717) is 6.54 Å². The highest BCUT2D eigenvalue weighted by atomic mass is 35.5. The number of amides is 1. The van der Waals surface area contributed by atoms with Crippen LogP contribution in [0.2, 0.25) is 0 Å². The molecule has 1 amide bonds. The van der Waals surface area contributed by atoms with E-state index in [0.717, 1.165) is 18.2 Å². The van der Waals surface area contributed by atoms with Gasteiger partial charge in [-0.2, -0.15) is 0 Å². The predicted octanol–water partition coefficient (Wildman–Crippen LogP) is 1.50. The van der Waals surface area contributed by atoms with E-state index >= 15 is 0 Å². The fourth-order valence-electron chi connectivity index (χ4n) is 1.67. The number of carbonyl (C=O) groups is 1. The van der Waals surface area contributed by atoms with Crippen LogP contribution in [0.3, 0.4) is 0 Å². The second kappa shape index (κ2) is 8.36. The summed E-state index contributed by atoms with van der Waals surface area (Å²) in [5.74, 6) is -0.0610. The third kappa shape index (κ3) is 6.03. The zero-order valence-electron chi connectivity index (χ0n) is 12.5. The zero-order valence-corrected chi connectivity index (χ0v) is 14.1. The molecule has 0 saturated heterocycles. The van der Waals surface area contributed by atoms with Gasteiger partial charge in [0.1, 0.15) is 0 Å². The van der Waals surface area contributed by atoms with Crippen molar-refractivity contribution in [2.24, 2.45) is 11.7 Å². The van der Waals surface area contributed by atoms with Gasteiger partial charge in [-0.05, 0) is 23.6 Å². The van der Waals surface area contributed by atoms with Gasteiger partial charge < -0.3 is 11.1 Å². The molecule has 0 bridgehead atoms. The Morgan fingerprint density at radius 1 is 1.29 bits per heavy atom. The van der Waals surface area contributed by atoms with Crippen molar-refractivity contribution in [3.63, 3.8) is 0 Å². The molecule has 0 aliphatic heterocycles. The monoisotopic (exact) mass is 334 g/mol. The maximum atomic E-state index is 11.8. The summed E-state index contributed by atoms with van der Waals surface area (Å²) in [5, 5.41) is 2.76. The number of rotatable bonds is 6. The molecule has 0 radical (unpaired) electrons. The number of carbonyl (C=O) groups excluding carboxylic acids is 1. The molecule has 3 N–H and O–H groups in total. The molecule has 0 fully saturated rings. The Morgan fingerprint density at radius 2 is 1.81 bits per heavy atom. The van der Waals surface area contributed by atoms with Gasteiger partial charge in [-0.25, -0.2) is 8.42 Å². The molecule has 1 rings (SSSR count). The van der Waals surface area contributed by atoms with Gasteiger partial charge in [0.15, 0.2) is 9.84 Å². The first-order valence-corrected chi connectivity index (χ1v) is 8.47. The number of halogens is 1. The summed E-state index contributed by atoms with van der Waals surface area (Å²) in [7, 11) is -3.19. The van der Waals surface area contributed by atoms with Gasteiger partial charge in [0, 0.05) is 12.8 Å². The summed E-state index contributed by atoms with van der Waals surface area (Å²) < 4.78 is 22.6. The Bertz CT molecular complexity index is 558. The Hall–Kier alpha value is -1.11. The maximum Gasteiger partial charge on any atom is 0.237 e. The fourth-order valence-corrected chi connectivity index (χ4v) is 2.30. The summed E-state index contributed by atoms with van der Waals surface area (Å²) in [6.45, 7) is 4.26. The van der Waals surface area contributed by atoms with Crippen LogP contribution in [0.4, 0.5) is 0 Å². The molecule has 1 aromatic rings. The summed E-state index contributed by atoms with van der Waals surface area (Å²) in [6, 6.07) is 5.92. The highest BCUT2D eigenvalue weighted by Crippen LogP contribution is 2.10. The van der Waals surface area contributed by atoms with Crippen LogP contribution in [0.1, 0.15) is 25.8 Å². The van der Waals surface area contributed by atoms with Crippen molar-refractivity contribution in [2.45, 2.75) is 37.8 Å². The van der Waals surface area contributed by atoms with Crippen molar-refractivity contribution in [1.29, 1.82) is 0 Å². The van der Waals surface area contributed by atoms with Crippen LogP contribution in [0.25, 0.3) is 0 Å².